The first-order chi connectivity index (χ1) is 13.6. The zero-order valence-corrected chi connectivity index (χ0v) is 16.3. The average Bonchev–Trinajstić information content (AvgIpc) is 2.74. The number of amides is 1. The second kappa shape index (κ2) is 9.25. The topological polar surface area (TPSA) is 107 Å². The highest BCUT2D eigenvalue weighted by molar-refractivity contribution is 8.00. The summed E-state index contributed by atoms with van der Waals surface area (Å²) in [5.74, 6) is 0.207. The fourth-order valence-corrected chi connectivity index (χ4v) is 4.30. The van der Waals surface area contributed by atoms with Gasteiger partial charge in [0.05, 0.1) is 16.9 Å². The second-order valence-electron chi connectivity index (χ2n) is 6.68. The van der Waals surface area contributed by atoms with Crippen LogP contribution in [0.2, 0.25) is 0 Å². The number of anilines is 2. The molecule has 0 atom stereocenters. The number of nitrogen functional groups attached to an aromatic ring is 1. The molecule has 0 radical (unpaired) electrons. The zero-order chi connectivity index (χ0) is 19.9. The van der Waals surface area contributed by atoms with Crippen molar-refractivity contribution in [1.29, 1.82) is 10.5 Å². The van der Waals surface area contributed by atoms with Crippen LogP contribution in [0.25, 0.3) is 0 Å². The number of pyridine rings is 1. The molecule has 3 rings (SSSR count). The van der Waals surface area contributed by atoms with Crippen LogP contribution >= 0.6 is 11.8 Å². The van der Waals surface area contributed by atoms with E-state index in [0.717, 1.165) is 31.4 Å². The van der Waals surface area contributed by atoms with Crippen molar-refractivity contribution in [2.24, 2.45) is 0 Å². The summed E-state index contributed by atoms with van der Waals surface area (Å²) >= 11 is 1.19. The van der Waals surface area contributed by atoms with E-state index in [4.69, 9.17) is 11.0 Å². The number of hydrogen-bond donors (Lipinski definition) is 1. The monoisotopic (exact) mass is 391 g/mol. The van der Waals surface area contributed by atoms with Crippen molar-refractivity contribution >= 4 is 29.2 Å². The number of rotatable bonds is 5. The van der Waals surface area contributed by atoms with Crippen molar-refractivity contribution in [3.05, 3.63) is 47.5 Å². The Morgan fingerprint density at radius 1 is 1.14 bits per heavy atom. The molecule has 1 amide bonds. The summed E-state index contributed by atoms with van der Waals surface area (Å²) in [6, 6.07) is 15.3. The highest BCUT2D eigenvalue weighted by atomic mass is 32.2. The van der Waals surface area contributed by atoms with Crippen LogP contribution in [-0.4, -0.2) is 22.7 Å². The van der Waals surface area contributed by atoms with Crippen LogP contribution in [0.4, 0.5) is 11.5 Å². The van der Waals surface area contributed by atoms with Gasteiger partial charge in [0.15, 0.2) is 0 Å². The maximum Gasteiger partial charge on any atom is 0.237 e. The molecule has 1 heterocycles. The molecule has 1 aromatic heterocycles. The lowest BCUT2D eigenvalue weighted by molar-refractivity contribution is -0.116. The van der Waals surface area contributed by atoms with Crippen LogP contribution in [-0.2, 0) is 4.79 Å². The summed E-state index contributed by atoms with van der Waals surface area (Å²) in [7, 11) is 0. The zero-order valence-electron chi connectivity index (χ0n) is 15.5. The number of para-hydroxylation sites is 1. The van der Waals surface area contributed by atoms with E-state index in [1.165, 1.54) is 24.2 Å². The predicted octanol–water partition coefficient (Wildman–Crippen LogP) is 3.87. The average molecular weight is 392 g/mol. The normalized spacial score (nSPS) is 14.1. The number of hydrogen-bond acceptors (Lipinski definition) is 6. The molecule has 1 aromatic carbocycles. The third kappa shape index (κ3) is 4.44. The third-order valence-electron chi connectivity index (χ3n) is 4.83. The van der Waals surface area contributed by atoms with Gasteiger partial charge < -0.3 is 10.6 Å². The summed E-state index contributed by atoms with van der Waals surface area (Å²) < 4.78 is 0. The summed E-state index contributed by atoms with van der Waals surface area (Å²) in [5.41, 5.74) is 7.10. The second-order valence-corrected chi connectivity index (χ2v) is 7.64. The number of nitriles is 2. The van der Waals surface area contributed by atoms with E-state index in [2.05, 4.69) is 4.98 Å². The SMILES string of the molecule is N#Cc1cc(C#N)c(SCC(=O)N(c2ccccc2)C2CCCCC2)nc1N. The molecule has 1 aliphatic rings. The molecule has 2 N–H and O–H groups in total. The number of aromatic nitrogens is 1. The van der Waals surface area contributed by atoms with Crippen molar-refractivity contribution < 1.29 is 4.79 Å². The predicted molar refractivity (Wildman–Crippen MR) is 110 cm³/mol. The number of benzene rings is 1. The molecule has 6 nitrogen and oxygen atoms in total. The van der Waals surface area contributed by atoms with Crippen molar-refractivity contribution in [3.8, 4) is 12.1 Å². The van der Waals surface area contributed by atoms with Gasteiger partial charge in [-0.1, -0.05) is 49.2 Å². The molecule has 0 saturated heterocycles. The van der Waals surface area contributed by atoms with E-state index in [9.17, 15) is 10.1 Å². The first-order valence-corrected chi connectivity index (χ1v) is 10.2. The van der Waals surface area contributed by atoms with Gasteiger partial charge >= 0.3 is 0 Å². The number of nitrogens with zero attached hydrogens (tertiary/aromatic N) is 4. The van der Waals surface area contributed by atoms with E-state index >= 15 is 0 Å². The lowest BCUT2D eigenvalue weighted by atomic mass is 9.93. The quantitative estimate of drug-likeness (QED) is 0.776. The minimum Gasteiger partial charge on any atom is -0.383 e. The highest BCUT2D eigenvalue weighted by Gasteiger charge is 2.27. The molecule has 28 heavy (non-hydrogen) atoms. The van der Waals surface area contributed by atoms with Crippen LogP contribution < -0.4 is 10.6 Å². The highest BCUT2D eigenvalue weighted by Crippen LogP contribution is 2.30. The lowest BCUT2D eigenvalue weighted by Gasteiger charge is -2.34. The van der Waals surface area contributed by atoms with Crippen LogP contribution in [0.1, 0.15) is 43.2 Å². The minimum absolute atomic E-state index is 0.0169. The Morgan fingerprint density at radius 2 is 1.82 bits per heavy atom. The van der Waals surface area contributed by atoms with Crippen LogP contribution in [0.3, 0.4) is 0 Å². The van der Waals surface area contributed by atoms with Crippen LogP contribution in [0.5, 0.6) is 0 Å². The molecule has 0 aliphatic heterocycles. The van der Waals surface area contributed by atoms with Crippen molar-refractivity contribution in [1.82, 2.24) is 4.98 Å². The van der Waals surface area contributed by atoms with Gasteiger partial charge in [-0.3, -0.25) is 4.79 Å². The van der Waals surface area contributed by atoms with Crippen LogP contribution in [0, 0.1) is 22.7 Å². The third-order valence-corrected chi connectivity index (χ3v) is 5.81. The lowest BCUT2D eigenvalue weighted by Crippen LogP contribution is -2.42. The standard InChI is InChI=1S/C21H21N5OS/c22-12-15-11-16(13-23)21(25-20(15)24)28-14-19(27)26(17-7-3-1-4-8-17)18-9-5-2-6-10-18/h1,3-4,7-8,11,18H,2,5-6,9-10,14H2,(H2,24,25). The van der Waals surface area contributed by atoms with Crippen molar-refractivity contribution in [2.75, 3.05) is 16.4 Å². The molecular weight excluding hydrogens is 370 g/mol. The van der Waals surface area contributed by atoms with Gasteiger partial charge in [0.1, 0.15) is 23.0 Å². The Bertz CT molecular complexity index is 926. The first-order valence-electron chi connectivity index (χ1n) is 9.24. The molecule has 7 heteroatoms. The fourth-order valence-electron chi connectivity index (χ4n) is 3.48. The van der Waals surface area contributed by atoms with Crippen molar-refractivity contribution in [3.63, 3.8) is 0 Å². The molecule has 2 aromatic rings. The first kappa shape index (κ1) is 19.7. The number of carbonyl (C=O) groups is 1. The molecule has 1 fully saturated rings. The summed E-state index contributed by atoms with van der Waals surface area (Å²) in [4.78, 5) is 19.2. The van der Waals surface area contributed by atoms with Gasteiger partial charge in [0, 0.05) is 11.7 Å². The van der Waals surface area contributed by atoms with Gasteiger partial charge in [0.25, 0.3) is 0 Å². The Morgan fingerprint density at radius 3 is 2.46 bits per heavy atom. The number of carbonyl (C=O) groups excluding carboxylic acids is 1. The largest absolute Gasteiger partial charge is 0.383 e. The molecule has 1 saturated carbocycles. The molecule has 0 spiro atoms. The Hall–Kier alpha value is -3.03. The Kier molecular flexibility index (Phi) is 6.52. The van der Waals surface area contributed by atoms with E-state index in [1.807, 2.05) is 47.4 Å². The van der Waals surface area contributed by atoms with E-state index in [1.54, 1.807) is 0 Å². The van der Waals surface area contributed by atoms with E-state index in [-0.39, 0.29) is 34.6 Å². The molecule has 1 aliphatic carbocycles. The summed E-state index contributed by atoms with van der Waals surface area (Å²) in [5, 5.41) is 18.8. The summed E-state index contributed by atoms with van der Waals surface area (Å²) in [6.07, 6.45) is 5.46. The van der Waals surface area contributed by atoms with E-state index < -0.39 is 0 Å². The van der Waals surface area contributed by atoms with Crippen molar-refractivity contribution in [2.45, 2.75) is 43.2 Å². The van der Waals surface area contributed by atoms with Gasteiger partial charge in [-0.15, -0.1) is 0 Å². The summed E-state index contributed by atoms with van der Waals surface area (Å²) in [6.45, 7) is 0. The molecule has 0 bridgehead atoms. The van der Waals surface area contributed by atoms with Gasteiger partial charge in [-0.2, -0.15) is 10.5 Å². The Balaban J connectivity index is 1.80. The van der Waals surface area contributed by atoms with Gasteiger partial charge in [-0.05, 0) is 31.0 Å². The molecule has 0 unspecified atom stereocenters. The Labute approximate surface area is 169 Å². The molecular formula is C21H21N5OS. The van der Waals surface area contributed by atoms with Crippen LogP contribution in [0.15, 0.2) is 41.4 Å². The van der Waals surface area contributed by atoms with Gasteiger partial charge in [-0.25, -0.2) is 4.98 Å². The van der Waals surface area contributed by atoms with E-state index in [0.29, 0.717) is 5.03 Å². The minimum atomic E-state index is -0.0169. The maximum atomic E-state index is 13.1. The maximum absolute atomic E-state index is 13.1. The number of thioether (sulfide) groups is 1. The van der Waals surface area contributed by atoms with Gasteiger partial charge in [0.2, 0.25) is 5.91 Å². The smallest absolute Gasteiger partial charge is 0.237 e. The number of nitrogens with two attached hydrogens (primary N) is 1. The molecule has 142 valence electrons. The fraction of sp³-hybridized carbons (Fsp3) is 0.333.